The zero-order valence-electron chi connectivity index (χ0n) is 9.91. The van der Waals surface area contributed by atoms with E-state index in [0.29, 0.717) is 0 Å². The van der Waals surface area contributed by atoms with Crippen molar-refractivity contribution in [2.24, 2.45) is 0 Å². The predicted octanol–water partition coefficient (Wildman–Crippen LogP) is 2.38. The molecule has 2 nitrogen and oxygen atoms in total. The summed E-state index contributed by atoms with van der Waals surface area (Å²) in [6.07, 6.45) is 4.64. The van der Waals surface area contributed by atoms with E-state index in [-0.39, 0.29) is 0 Å². The summed E-state index contributed by atoms with van der Waals surface area (Å²) in [6, 6.07) is 6.34. The number of hydrogen-bond acceptors (Lipinski definition) is 3. The molecule has 0 aliphatic carbocycles. The quantitative estimate of drug-likeness (QED) is 0.643. The van der Waals surface area contributed by atoms with E-state index >= 15 is 0 Å². The second kappa shape index (κ2) is 5.60. The van der Waals surface area contributed by atoms with E-state index in [9.17, 15) is 0 Å². The third-order valence-electron chi connectivity index (χ3n) is 3.14. The van der Waals surface area contributed by atoms with Crippen molar-refractivity contribution < 1.29 is 0 Å². The minimum absolute atomic E-state index is 0.893. The Hall–Kier alpha value is -0.670. The summed E-state index contributed by atoms with van der Waals surface area (Å²) in [7, 11) is 0. The van der Waals surface area contributed by atoms with Crippen LogP contribution in [0.15, 0.2) is 18.2 Å². The summed E-state index contributed by atoms with van der Waals surface area (Å²) in [6.45, 7) is 3.50. The Morgan fingerprint density at radius 3 is 3.06 bits per heavy atom. The van der Waals surface area contributed by atoms with E-state index in [4.69, 9.17) is 5.73 Å². The van der Waals surface area contributed by atoms with Gasteiger partial charge in [0, 0.05) is 18.8 Å². The third-order valence-corrected chi connectivity index (χ3v) is 3.84. The van der Waals surface area contributed by atoms with Crippen LogP contribution in [-0.4, -0.2) is 30.0 Å². The number of hydrogen-bond donors (Lipinski definition) is 1. The molecule has 2 N–H and O–H groups in total. The van der Waals surface area contributed by atoms with Crippen LogP contribution in [0.1, 0.15) is 17.5 Å². The number of anilines is 1. The Labute approximate surface area is 102 Å². The molecule has 1 aliphatic rings. The Bertz CT molecular complexity index is 352. The number of rotatable bonds is 4. The molecule has 1 aromatic rings. The first-order valence-electron chi connectivity index (χ1n) is 5.88. The molecule has 0 spiro atoms. The van der Waals surface area contributed by atoms with Gasteiger partial charge in [-0.1, -0.05) is 6.07 Å². The molecule has 3 heteroatoms. The van der Waals surface area contributed by atoms with Gasteiger partial charge in [0.15, 0.2) is 0 Å². The highest BCUT2D eigenvalue weighted by molar-refractivity contribution is 7.98. The number of benzene rings is 1. The summed E-state index contributed by atoms with van der Waals surface area (Å²) in [5, 5.41) is 0. The maximum absolute atomic E-state index is 5.83. The first kappa shape index (κ1) is 11.8. The van der Waals surface area contributed by atoms with E-state index in [1.165, 1.54) is 42.8 Å². The van der Waals surface area contributed by atoms with Gasteiger partial charge >= 0.3 is 0 Å². The Morgan fingerprint density at radius 1 is 1.38 bits per heavy atom. The lowest BCUT2D eigenvalue weighted by Gasteiger charge is -2.28. The minimum Gasteiger partial charge on any atom is -0.399 e. The maximum Gasteiger partial charge on any atom is 0.0317 e. The highest BCUT2D eigenvalue weighted by Gasteiger charge is 2.15. The summed E-state index contributed by atoms with van der Waals surface area (Å²) in [5.41, 5.74) is 9.63. The molecule has 0 unspecified atom stereocenters. The van der Waals surface area contributed by atoms with Crippen molar-refractivity contribution >= 4 is 17.4 Å². The highest BCUT2D eigenvalue weighted by atomic mass is 32.2. The standard InChI is InChI=1S/C13H20N2S/c1-16-8-2-6-15-7-5-11-3-4-13(14)9-12(11)10-15/h3-4,9H,2,5-8,10,14H2,1H3. The molecule has 0 saturated heterocycles. The fraction of sp³-hybridized carbons (Fsp3) is 0.538. The fourth-order valence-electron chi connectivity index (χ4n) is 2.26. The summed E-state index contributed by atoms with van der Waals surface area (Å²) in [4.78, 5) is 2.54. The molecule has 1 aromatic carbocycles. The second-order valence-corrected chi connectivity index (χ2v) is 5.39. The Kier molecular flexibility index (Phi) is 4.13. The molecule has 16 heavy (non-hydrogen) atoms. The van der Waals surface area contributed by atoms with Gasteiger partial charge in [-0.2, -0.15) is 11.8 Å². The number of nitrogens with zero attached hydrogens (tertiary/aromatic N) is 1. The minimum atomic E-state index is 0.893. The van der Waals surface area contributed by atoms with Gasteiger partial charge in [-0.3, -0.25) is 4.90 Å². The molecule has 0 amide bonds. The molecule has 0 saturated carbocycles. The molecule has 88 valence electrons. The van der Waals surface area contributed by atoms with Crippen molar-refractivity contribution in [2.75, 3.05) is 30.8 Å². The van der Waals surface area contributed by atoms with Crippen molar-refractivity contribution in [2.45, 2.75) is 19.4 Å². The Balaban J connectivity index is 1.94. The monoisotopic (exact) mass is 236 g/mol. The smallest absolute Gasteiger partial charge is 0.0317 e. The van der Waals surface area contributed by atoms with Crippen LogP contribution in [0.3, 0.4) is 0 Å². The molecule has 1 aliphatic heterocycles. The first-order valence-corrected chi connectivity index (χ1v) is 7.27. The van der Waals surface area contributed by atoms with E-state index in [1.54, 1.807) is 0 Å². The van der Waals surface area contributed by atoms with E-state index < -0.39 is 0 Å². The lowest BCUT2D eigenvalue weighted by atomic mass is 9.99. The molecule has 2 rings (SSSR count). The lowest BCUT2D eigenvalue weighted by molar-refractivity contribution is 0.255. The molecular formula is C13H20N2S. The van der Waals surface area contributed by atoms with Gasteiger partial charge in [0.25, 0.3) is 0 Å². The van der Waals surface area contributed by atoms with Gasteiger partial charge in [-0.05, 0) is 54.7 Å². The molecule has 0 aromatic heterocycles. The van der Waals surface area contributed by atoms with Gasteiger partial charge in [0.05, 0.1) is 0 Å². The SMILES string of the molecule is CSCCCN1CCc2ccc(N)cc2C1. The lowest BCUT2D eigenvalue weighted by Crippen LogP contribution is -2.31. The van der Waals surface area contributed by atoms with Crippen LogP contribution in [-0.2, 0) is 13.0 Å². The van der Waals surface area contributed by atoms with Crippen molar-refractivity contribution in [3.05, 3.63) is 29.3 Å². The van der Waals surface area contributed by atoms with E-state index in [0.717, 1.165) is 12.2 Å². The Morgan fingerprint density at radius 2 is 2.25 bits per heavy atom. The van der Waals surface area contributed by atoms with Crippen LogP contribution >= 0.6 is 11.8 Å². The largest absolute Gasteiger partial charge is 0.399 e. The molecule has 1 heterocycles. The first-order chi connectivity index (χ1) is 7.79. The normalized spacial score (nSPS) is 16.1. The summed E-state index contributed by atoms with van der Waals surface area (Å²) in [5.74, 6) is 1.26. The molecule has 0 atom stereocenters. The molecule has 0 radical (unpaired) electrons. The van der Waals surface area contributed by atoms with Crippen molar-refractivity contribution in [1.82, 2.24) is 4.90 Å². The number of nitrogen functional groups attached to an aromatic ring is 1. The zero-order chi connectivity index (χ0) is 11.4. The highest BCUT2D eigenvalue weighted by Crippen LogP contribution is 2.21. The van der Waals surface area contributed by atoms with Crippen molar-refractivity contribution in [1.29, 1.82) is 0 Å². The van der Waals surface area contributed by atoms with Gasteiger partial charge in [-0.25, -0.2) is 0 Å². The van der Waals surface area contributed by atoms with E-state index in [1.807, 2.05) is 17.8 Å². The number of thioether (sulfide) groups is 1. The molecule has 0 bridgehead atoms. The average Bonchev–Trinajstić information content (AvgIpc) is 2.29. The topological polar surface area (TPSA) is 29.3 Å². The zero-order valence-corrected chi connectivity index (χ0v) is 10.7. The maximum atomic E-state index is 5.83. The molecular weight excluding hydrogens is 216 g/mol. The van der Waals surface area contributed by atoms with Crippen molar-refractivity contribution in [3.63, 3.8) is 0 Å². The fourth-order valence-corrected chi connectivity index (χ4v) is 2.68. The predicted molar refractivity (Wildman–Crippen MR) is 72.8 cm³/mol. The van der Waals surface area contributed by atoms with Crippen LogP contribution in [0, 0.1) is 0 Å². The van der Waals surface area contributed by atoms with Crippen LogP contribution < -0.4 is 5.73 Å². The van der Waals surface area contributed by atoms with Gasteiger partial charge in [0.1, 0.15) is 0 Å². The van der Waals surface area contributed by atoms with Crippen LogP contribution in [0.5, 0.6) is 0 Å². The summed E-state index contributed by atoms with van der Waals surface area (Å²) < 4.78 is 0. The number of nitrogens with two attached hydrogens (primary N) is 1. The third kappa shape index (κ3) is 2.92. The van der Waals surface area contributed by atoms with Gasteiger partial charge in [-0.15, -0.1) is 0 Å². The van der Waals surface area contributed by atoms with E-state index in [2.05, 4.69) is 23.3 Å². The van der Waals surface area contributed by atoms with Crippen LogP contribution in [0.4, 0.5) is 5.69 Å². The van der Waals surface area contributed by atoms with Gasteiger partial charge in [0.2, 0.25) is 0 Å². The molecule has 0 fully saturated rings. The average molecular weight is 236 g/mol. The van der Waals surface area contributed by atoms with Crippen LogP contribution in [0.25, 0.3) is 0 Å². The van der Waals surface area contributed by atoms with Crippen LogP contribution in [0.2, 0.25) is 0 Å². The second-order valence-electron chi connectivity index (χ2n) is 4.40. The van der Waals surface area contributed by atoms with Crippen molar-refractivity contribution in [3.8, 4) is 0 Å². The summed E-state index contributed by atoms with van der Waals surface area (Å²) >= 11 is 1.93. The number of fused-ring (bicyclic) bond motifs is 1. The van der Waals surface area contributed by atoms with Gasteiger partial charge < -0.3 is 5.73 Å².